The molecule has 104 valence electrons. The number of aliphatic hydroxyl groups excluding tert-OH is 1. The molecule has 1 heterocycles. The lowest BCUT2D eigenvalue weighted by Gasteiger charge is -2.17. The Morgan fingerprint density at radius 3 is 2.63 bits per heavy atom. The van der Waals surface area contributed by atoms with Crippen molar-refractivity contribution in [1.29, 1.82) is 0 Å². The molecule has 0 saturated carbocycles. The number of rotatable bonds is 3. The summed E-state index contributed by atoms with van der Waals surface area (Å²) in [6.07, 6.45) is 1.36. The number of amides is 1. The van der Waals surface area contributed by atoms with Crippen LogP contribution in [0.4, 0.5) is 8.78 Å². The predicted octanol–water partition coefficient (Wildman–Crippen LogP) is 2.57. The van der Waals surface area contributed by atoms with E-state index in [0.717, 1.165) is 18.6 Å². The van der Waals surface area contributed by atoms with Crippen molar-refractivity contribution in [3.63, 3.8) is 0 Å². The molecule has 1 fully saturated rings. The normalized spacial score (nSPS) is 18.9. The number of hydrogen-bond donors (Lipinski definition) is 1. The molecule has 0 aromatic heterocycles. The van der Waals surface area contributed by atoms with Crippen molar-refractivity contribution in [3.05, 3.63) is 33.8 Å². The van der Waals surface area contributed by atoms with E-state index in [2.05, 4.69) is 15.9 Å². The number of hydrogen-bond acceptors (Lipinski definition) is 2. The van der Waals surface area contributed by atoms with Crippen molar-refractivity contribution in [2.24, 2.45) is 5.92 Å². The first-order valence-electron chi connectivity index (χ1n) is 6.07. The van der Waals surface area contributed by atoms with Crippen LogP contribution in [-0.2, 0) is 0 Å². The smallest absolute Gasteiger partial charge is 0.259 e. The molecule has 1 unspecified atom stereocenters. The molecule has 1 aromatic rings. The molecular weight excluding hydrogens is 320 g/mol. The zero-order valence-corrected chi connectivity index (χ0v) is 11.8. The highest BCUT2D eigenvalue weighted by Crippen LogP contribution is 2.25. The van der Waals surface area contributed by atoms with Crippen molar-refractivity contribution >= 4 is 21.8 Å². The predicted molar refractivity (Wildman–Crippen MR) is 69.8 cm³/mol. The number of halogens is 3. The van der Waals surface area contributed by atoms with Crippen molar-refractivity contribution < 1.29 is 18.7 Å². The van der Waals surface area contributed by atoms with E-state index in [9.17, 15) is 13.6 Å². The van der Waals surface area contributed by atoms with Crippen molar-refractivity contribution in [1.82, 2.24) is 4.90 Å². The summed E-state index contributed by atoms with van der Waals surface area (Å²) < 4.78 is 27.7. The SMILES string of the molecule is O=C(c1c(F)cc(Br)cc1F)N1CCC(CCO)C1. The lowest BCUT2D eigenvalue weighted by Crippen LogP contribution is -2.30. The third kappa shape index (κ3) is 3.12. The van der Waals surface area contributed by atoms with Crippen LogP contribution in [0.2, 0.25) is 0 Å². The Labute approximate surface area is 118 Å². The Balaban J connectivity index is 2.17. The van der Waals surface area contributed by atoms with Gasteiger partial charge in [0.1, 0.15) is 17.2 Å². The quantitative estimate of drug-likeness (QED) is 0.923. The van der Waals surface area contributed by atoms with Crippen molar-refractivity contribution in [3.8, 4) is 0 Å². The van der Waals surface area contributed by atoms with Gasteiger partial charge < -0.3 is 10.0 Å². The minimum absolute atomic E-state index is 0.0632. The summed E-state index contributed by atoms with van der Waals surface area (Å²) in [4.78, 5) is 13.6. The molecule has 0 aliphatic carbocycles. The Bertz CT molecular complexity index is 473. The highest BCUT2D eigenvalue weighted by molar-refractivity contribution is 9.10. The average molecular weight is 334 g/mol. The van der Waals surface area contributed by atoms with E-state index >= 15 is 0 Å². The highest BCUT2D eigenvalue weighted by atomic mass is 79.9. The van der Waals surface area contributed by atoms with Gasteiger partial charge in [-0.05, 0) is 30.9 Å². The monoisotopic (exact) mass is 333 g/mol. The zero-order valence-electron chi connectivity index (χ0n) is 10.2. The van der Waals surface area contributed by atoms with Gasteiger partial charge in [-0.1, -0.05) is 15.9 Å². The molecule has 1 aliphatic heterocycles. The number of carbonyl (C=O) groups is 1. The largest absolute Gasteiger partial charge is 0.396 e. The molecule has 1 amide bonds. The van der Waals surface area contributed by atoms with Crippen LogP contribution in [0.25, 0.3) is 0 Å². The van der Waals surface area contributed by atoms with Crippen LogP contribution in [0.5, 0.6) is 0 Å². The van der Waals surface area contributed by atoms with Gasteiger partial charge in [-0.25, -0.2) is 8.78 Å². The first-order valence-corrected chi connectivity index (χ1v) is 6.87. The van der Waals surface area contributed by atoms with E-state index in [0.29, 0.717) is 19.5 Å². The molecule has 2 rings (SSSR count). The molecule has 1 atom stereocenters. The molecule has 1 aliphatic rings. The standard InChI is InChI=1S/C13H14BrF2NO2/c14-9-5-10(15)12(11(16)6-9)13(19)17-3-1-8(7-17)2-4-18/h5-6,8,18H,1-4,7H2. The summed E-state index contributed by atoms with van der Waals surface area (Å²) in [5.41, 5.74) is -0.507. The second-order valence-corrected chi connectivity index (χ2v) is 5.58. The van der Waals surface area contributed by atoms with Crippen LogP contribution in [0.1, 0.15) is 23.2 Å². The van der Waals surface area contributed by atoms with Crippen LogP contribution in [0, 0.1) is 17.6 Å². The molecule has 6 heteroatoms. The molecule has 1 aromatic carbocycles. The summed E-state index contributed by atoms with van der Waals surface area (Å²) in [6, 6.07) is 2.16. The first kappa shape index (κ1) is 14.4. The number of benzene rings is 1. The third-order valence-corrected chi connectivity index (χ3v) is 3.79. The van der Waals surface area contributed by atoms with Crippen LogP contribution < -0.4 is 0 Å². The van der Waals surface area contributed by atoms with Gasteiger partial charge in [0.2, 0.25) is 0 Å². The minimum atomic E-state index is -0.859. The zero-order chi connectivity index (χ0) is 14.0. The molecule has 1 saturated heterocycles. The third-order valence-electron chi connectivity index (χ3n) is 3.33. The maximum Gasteiger partial charge on any atom is 0.259 e. The summed E-state index contributed by atoms with van der Waals surface area (Å²) in [5, 5.41) is 8.86. The van der Waals surface area contributed by atoms with Crippen molar-refractivity contribution in [2.45, 2.75) is 12.8 Å². The fraction of sp³-hybridized carbons (Fsp3) is 0.462. The number of aliphatic hydroxyl groups is 1. The van der Waals surface area contributed by atoms with E-state index in [1.807, 2.05) is 0 Å². The van der Waals surface area contributed by atoms with Gasteiger partial charge in [0, 0.05) is 24.2 Å². The van der Waals surface area contributed by atoms with Gasteiger partial charge in [-0.15, -0.1) is 0 Å². The van der Waals surface area contributed by atoms with Crippen LogP contribution >= 0.6 is 15.9 Å². The maximum absolute atomic E-state index is 13.7. The number of likely N-dealkylation sites (tertiary alicyclic amines) is 1. The Hall–Kier alpha value is -1.01. The first-order chi connectivity index (χ1) is 9.02. The summed E-state index contributed by atoms with van der Waals surface area (Å²) in [7, 11) is 0. The molecule has 3 nitrogen and oxygen atoms in total. The summed E-state index contributed by atoms with van der Waals surface area (Å²) >= 11 is 2.98. The highest BCUT2D eigenvalue weighted by Gasteiger charge is 2.30. The number of carbonyl (C=O) groups excluding carboxylic acids is 1. The molecule has 0 spiro atoms. The Kier molecular flexibility index (Phi) is 4.52. The van der Waals surface area contributed by atoms with Crippen LogP contribution in [-0.4, -0.2) is 35.6 Å². The lowest BCUT2D eigenvalue weighted by molar-refractivity contribution is 0.0775. The van der Waals surface area contributed by atoms with E-state index in [1.54, 1.807) is 0 Å². The Morgan fingerprint density at radius 1 is 1.42 bits per heavy atom. The molecule has 0 radical (unpaired) electrons. The van der Waals surface area contributed by atoms with Crippen molar-refractivity contribution in [2.75, 3.05) is 19.7 Å². The van der Waals surface area contributed by atoms with Gasteiger partial charge in [-0.2, -0.15) is 0 Å². The number of nitrogens with zero attached hydrogens (tertiary/aromatic N) is 1. The molecule has 0 bridgehead atoms. The second kappa shape index (κ2) is 5.96. The second-order valence-electron chi connectivity index (χ2n) is 4.66. The average Bonchev–Trinajstić information content (AvgIpc) is 2.76. The van der Waals surface area contributed by atoms with Crippen LogP contribution in [0.15, 0.2) is 16.6 Å². The van der Waals surface area contributed by atoms with E-state index in [4.69, 9.17) is 5.11 Å². The fourth-order valence-electron chi connectivity index (χ4n) is 2.34. The van der Waals surface area contributed by atoms with E-state index < -0.39 is 23.1 Å². The fourth-order valence-corrected chi connectivity index (χ4v) is 2.74. The van der Waals surface area contributed by atoms with E-state index in [-0.39, 0.29) is 17.0 Å². The molecule has 1 N–H and O–H groups in total. The summed E-state index contributed by atoms with van der Waals surface area (Å²) in [6.45, 7) is 0.973. The van der Waals surface area contributed by atoms with Crippen LogP contribution in [0.3, 0.4) is 0 Å². The minimum Gasteiger partial charge on any atom is -0.396 e. The van der Waals surface area contributed by atoms with Gasteiger partial charge >= 0.3 is 0 Å². The summed E-state index contributed by atoms with van der Waals surface area (Å²) in [5.74, 6) is -2.14. The van der Waals surface area contributed by atoms with Gasteiger partial charge in [0.25, 0.3) is 5.91 Å². The Morgan fingerprint density at radius 2 is 2.05 bits per heavy atom. The molecular formula is C13H14BrF2NO2. The van der Waals surface area contributed by atoms with Gasteiger partial charge in [0.15, 0.2) is 0 Å². The molecule has 19 heavy (non-hydrogen) atoms. The van der Waals surface area contributed by atoms with Gasteiger partial charge in [0.05, 0.1) is 0 Å². The van der Waals surface area contributed by atoms with E-state index in [1.165, 1.54) is 4.90 Å². The topological polar surface area (TPSA) is 40.5 Å². The lowest BCUT2D eigenvalue weighted by atomic mass is 10.1. The maximum atomic E-state index is 13.7. The van der Waals surface area contributed by atoms with Gasteiger partial charge in [-0.3, -0.25) is 4.79 Å².